The second-order valence-electron chi connectivity index (χ2n) is 7.78. The van der Waals surface area contributed by atoms with E-state index in [1.807, 2.05) is 11.0 Å². The zero-order valence-corrected chi connectivity index (χ0v) is 17.8. The van der Waals surface area contributed by atoms with Gasteiger partial charge in [-0.15, -0.1) is 0 Å². The molecule has 1 fully saturated rings. The van der Waals surface area contributed by atoms with Gasteiger partial charge in [-0.25, -0.2) is 4.98 Å². The first-order valence-corrected chi connectivity index (χ1v) is 10.6. The lowest BCUT2D eigenvalue weighted by molar-refractivity contribution is -0.137. The molecule has 1 amide bonds. The summed E-state index contributed by atoms with van der Waals surface area (Å²) in [5.74, 6) is -0.0148. The van der Waals surface area contributed by atoms with Gasteiger partial charge in [0.25, 0.3) is 5.91 Å². The Labute approximate surface area is 189 Å². The lowest BCUT2D eigenvalue weighted by Crippen LogP contribution is -2.36. The van der Waals surface area contributed by atoms with Crippen molar-refractivity contribution >= 4 is 17.5 Å². The van der Waals surface area contributed by atoms with E-state index in [4.69, 9.17) is 0 Å². The minimum absolute atomic E-state index is 0.218. The van der Waals surface area contributed by atoms with E-state index >= 15 is 0 Å². The average Bonchev–Trinajstić information content (AvgIpc) is 3.10. The molecule has 8 heteroatoms. The Balaban J connectivity index is 1.49. The van der Waals surface area contributed by atoms with E-state index in [1.165, 1.54) is 6.07 Å². The number of amides is 1. The lowest BCUT2D eigenvalue weighted by atomic mass is 9.97. The van der Waals surface area contributed by atoms with Crippen LogP contribution in [0.1, 0.15) is 38.3 Å². The number of ketones is 1. The van der Waals surface area contributed by atoms with E-state index in [9.17, 15) is 22.8 Å². The topological polar surface area (TPSA) is 53.5 Å². The molecule has 0 bridgehead atoms. The molecule has 0 atom stereocenters. The molecule has 4 rings (SSSR count). The highest BCUT2D eigenvalue weighted by Gasteiger charge is 2.31. The van der Waals surface area contributed by atoms with Crippen molar-refractivity contribution < 1.29 is 22.8 Å². The van der Waals surface area contributed by atoms with Crippen LogP contribution in [0, 0.1) is 0 Å². The van der Waals surface area contributed by atoms with Crippen LogP contribution in [-0.4, -0.2) is 47.8 Å². The van der Waals surface area contributed by atoms with Gasteiger partial charge in [0.1, 0.15) is 5.82 Å². The molecule has 1 aliphatic rings. The van der Waals surface area contributed by atoms with Gasteiger partial charge in [0.05, 0.1) is 11.1 Å². The fraction of sp³-hybridized carbons (Fsp3) is 0.240. The van der Waals surface area contributed by atoms with E-state index in [2.05, 4.69) is 4.98 Å². The fourth-order valence-corrected chi connectivity index (χ4v) is 3.87. The lowest BCUT2D eigenvalue weighted by Gasteiger charge is -2.23. The maximum Gasteiger partial charge on any atom is 0.417 e. The second-order valence-corrected chi connectivity index (χ2v) is 7.78. The number of alkyl halides is 3. The molecule has 3 aromatic rings. The van der Waals surface area contributed by atoms with Gasteiger partial charge in [-0.05, 0) is 24.6 Å². The number of hydrogen-bond acceptors (Lipinski definition) is 4. The Morgan fingerprint density at radius 3 is 2.15 bits per heavy atom. The van der Waals surface area contributed by atoms with Crippen LogP contribution in [0.2, 0.25) is 0 Å². The summed E-state index contributed by atoms with van der Waals surface area (Å²) in [5, 5.41) is 0. The molecule has 170 valence electrons. The van der Waals surface area contributed by atoms with Gasteiger partial charge in [0.15, 0.2) is 5.78 Å². The van der Waals surface area contributed by atoms with Crippen LogP contribution in [0.3, 0.4) is 0 Å². The average molecular weight is 453 g/mol. The third-order valence-corrected chi connectivity index (χ3v) is 5.62. The number of rotatable bonds is 4. The Bertz CT molecular complexity index is 1130. The van der Waals surface area contributed by atoms with Gasteiger partial charge in [0, 0.05) is 43.5 Å². The van der Waals surface area contributed by atoms with Crippen LogP contribution in [0.4, 0.5) is 19.0 Å². The van der Waals surface area contributed by atoms with Crippen molar-refractivity contribution in [1.29, 1.82) is 0 Å². The van der Waals surface area contributed by atoms with Crippen molar-refractivity contribution in [3.8, 4) is 0 Å². The zero-order chi connectivity index (χ0) is 23.4. The normalized spacial score (nSPS) is 14.6. The van der Waals surface area contributed by atoms with Gasteiger partial charge >= 0.3 is 6.18 Å². The molecule has 2 aromatic carbocycles. The monoisotopic (exact) mass is 453 g/mol. The van der Waals surface area contributed by atoms with Crippen LogP contribution in [-0.2, 0) is 6.18 Å². The minimum atomic E-state index is -4.43. The molecule has 0 radical (unpaired) electrons. The first-order chi connectivity index (χ1) is 15.8. The van der Waals surface area contributed by atoms with Crippen molar-refractivity contribution in [3.05, 3.63) is 95.2 Å². The summed E-state index contributed by atoms with van der Waals surface area (Å²) >= 11 is 0. The van der Waals surface area contributed by atoms with Gasteiger partial charge in [0.2, 0.25) is 0 Å². The highest BCUT2D eigenvalue weighted by molar-refractivity contribution is 6.15. The Kier molecular flexibility index (Phi) is 6.44. The second kappa shape index (κ2) is 9.44. The summed E-state index contributed by atoms with van der Waals surface area (Å²) in [6.07, 6.45) is -2.98. The van der Waals surface area contributed by atoms with E-state index in [0.29, 0.717) is 55.1 Å². The number of anilines is 1. The van der Waals surface area contributed by atoms with Gasteiger partial charge in [-0.2, -0.15) is 13.2 Å². The largest absolute Gasteiger partial charge is 0.417 e. The van der Waals surface area contributed by atoms with Crippen LogP contribution in [0.5, 0.6) is 0 Å². The third-order valence-electron chi connectivity index (χ3n) is 5.62. The van der Waals surface area contributed by atoms with Gasteiger partial charge in [-0.3, -0.25) is 9.59 Å². The maximum atomic E-state index is 13.3. The van der Waals surface area contributed by atoms with Gasteiger partial charge < -0.3 is 9.80 Å². The third kappa shape index (κ3) is 5.05. The number of pyridine rings is 1. The van der Waals surface area contributed by atoms with E-state index in [1.54, 1.807) is 53.4 Å². The summed E-state index contributed by atoms with van der Waals surface area (Å²) in [5.41, 5.74) is 0.400. The molecule has 2 heterocycles. The number of hydrogen-bond donors (Lipinski definition) is 0. The Hall–Kier alpha value is -3.68. The standard InChI is InChI=1S/C25H22F3N3O2/c26-25(27,28)19-11-12-22(29-17-19)30-13-6-14-31(16-15-30)24(33)21-10-5-4-9-20(21)23(32)18-7-2-1-3-8-18/h1-5,7-12,17H,6,13-16H2. The molecule has 0 aliphatic carbocycles. The molecule has 1 aliphatic heterocycles. The van der Waals surface area contributed by atoms with Crippen LogP contribution >= 0.6 is 0 Å². The molecule has 1 aromatic heterocycles. The SMILES string of the molecule is O=C(c1ccccc1)c1ccccc1C(=O)N1CCCN(c2ccc(C(F)(F)F)cn2)CC1. The summed E-state index contributed by atoms with van der Waals surface area (Å²) in [7, 11) is 0. The van der Waals surface area contributed by atoms with E-state index in [0.717, 1.165) is 12.3 Å². The highest BCUT2D eigenvalue weighted by Crippen LogP contribution is 2.29. The predicted molar refractivity (Wildman–Crippen MR) is 118 cm³/mol. The van der Waals surface area contributed by atoms with Gasteiger partial charge in [-0.1, -0.05) is 48.5 Å². The van der Waals surface area contributed by atoms with Crippen LogP contribution in [0.15, 0.2) is 72.9 Å². The van der Waals surface area contributed by atoms with Crippen molar-refractivity contribution in [3.63, 3.8) is 0 Å². The van der Waals surface area contributed by atoms with Crippen LogP contribution in [0.25, 0.3) is 0 Å². The van der Waals surface area contributed by atoms with Crippen molar-refractivity contribution in [2.75, 3.05) is 31.1 Å². The quantitative estimate of drug-likeness (QED) is 0.538. The molecule has 0 unspecified atom stereocenters. The summed E-state index contributed by atoms with van der Waals surface area (Å²) in [6.45, 7) is 1.84. The predicted octanol–water partition coefficient (Wildman–Crippen LogP) is 4.68. The number of benzene rings is 2. The number of aromatic nitrogens is 1. The molecule has 1 saturated heterocycles. The molecule has 0 N–H and O–H groups in total. The van der Waals surface area contributed by atoms with Crippen molar-refractivity contribution in [1.82, 2.24) is 9.88 Å². The first kappa shape index (κ1) is 22.5. The fourth-order valence-electron chi connectivity index (χ4n) is 3.87. The van der Waals surface area contributed by atoms with Crippen molar-refractivity contribution in [2.45, 2.75) is 12.6 Å². The highest BCUT2D eigenvalue weighted by atomic mass is 19.4. The Morgan fingerprint density at radius 2 is 1.48 bits per heavy atom. The Morgan fingerprint density at radius 1 is 0.788 bits per heavy atom. The minimum Gasteiger partial charge on any atom is -0.355 e. The van der Waals surface area contributed by atoms with Crippen LogP contribution < -0.4 is 4.90 Å². The number of nitrogens with zero attached hydrogens (tertiary/aromatic N) is 3. The number of carbonyl (C=O) groups excluding carboxylic acids is 2. The molecule has 5 nitrogen and oxygen atoms in total. The van der Waals surface area contributed by atoms with Crippen molar-refractivity contribution in [2.24, 2.45) is 0 Å². The molecular formula is C25H22F3N3O2. The maximum absolute atomic E-state index is 13.3. The van der Waals surface area contributed by atoms with E-state index < -0.39 is 11.7 Å². The molecule has 0 saturated carbocycles. The molecular weight excluding hydrogens is 431 g/mol. The number of halogens is 3. The molecule has 0 spiro atoms. The summed E-state index contributed by atoms with van der Waals surface area (Å²) in [6, 6.07) is 17.9. The zero-order valence-electron chi connectivity index (χ0n) is 17.8. The first-order valence-electron chi connectivity index (χ1n) is 10.6. The van der Waals surface area contributed by atoms with E-state index in [-0.39, 0.29) is 11.7 Å². The smallest absolute Gasteiger partial charge is 0.355 e. The molecule has 33 heavy (non-hydrogen) atoms. The summed E-state index contributed by atoms with van der Waals surface area (Å²) < 4.78 is 38.4. The summed E-state index contributed by atoms with van der Waals surface area (Å²) in [4.78, 5) is 33.8. The number of carbonyl (C=O) groups is 2.